The summed E-state index contributed by atoms with van der Waals surface area (Å²) in [5.74, 6) is -0.0296. The zero-order valence-electron chi connectivity index (χ0n) is 10.3. The molecule has 1 unspecified atom stereocenters. The second-order valence-electron chi connectivity index (χ2n) is 4.52. The lowest BCUT2D eigenvalue weighted by atomic mass is 10.1. The van der Waals surface area contributed by atoms with Gasteiger partial charge in [-0.2, -0.15) is 0 Å². The number of carbonyl (C=O) groups is 1. The largest absolute Gasteiger partial charge is 0.398 e. The van der Waals surface area contributed by atoms with Crippen LogP contribution in [0.5, 0.6) is 0 Å². The van der Waals surface area contributed by atoms with Crippen molar-refractivity contribution in [3.63, 3.8) is 0 Å². The van der Waals surface area contributed by atoms with Crippen LogP contribution < -0.4 is 5.73 Å². The van der Waals surface area contributed by atoms with Gasteiger partial charge in [0, 0.05) is 19.3 Å². The van der Waals surface area contributed by atoms with Gasteiger partial charge in [-0.1, -0.05) is 6.07 Å². The number of nitrogen functional groups attached to an aromatic ring is 1. The summed E-state index contributed by atoms with van der Waals surface area (Å²) in [6, 6.07) is 5.69. The van der Waals surface area contributed by atoms with Crippen molar-refractivity contribution in [3.8, 4) is 0 Å². The van der Waals surface area contributed by atoms with Gasteiger partial charge in [0.1, 0.15) is 0 Å². The first-order chi connectivity index (χ1) is 8.09. The number of hydrogen-bond donors (Lipinski definition) is 1. The van der Waals surface area contributed by atoms with Crippen molar-refractivity contribution in [1.29, 1.82) is 0 Å². The summed E-state index contributed by atoms with van der Waals surface area (Å²) in [7, 11) is 1.81. The Balaban J connectivity index is 2.18. The third-order valence-corrected chi connectivity index (χ3v) is 3.21. The van der Waals surface area contributed by atoms with E-state index in [9.17, 15) is 4.79 Å². The van der Waals surface area contributed by atoms with Gasteiger partial charge < -0.3 is 15.4 Å². The Labute approximate surface area is 101 Å². The van der Waals surface area contributed by atoms with Crippen LogP contribution in [-0.2, 0) is 4.74 Å². The highest BCUT2D eigenvalue weighted by Gasteiger charge is 2.25. The van der Waals surface area contributed by atoms with E-state index in [0.717, 1.165) is 18.6 Å². The molecule has 0 radical (unpaired) electrons. The number of ether oxygens (including phenoxy) is 1. The summed E-state index contributed by atoms with van der Waals surface area (Å²) >= 11 is 0. The Kier molecular flexibility index (Phi) is 3.33. The lowest BCUT2D eigenvalue weighted by Crippen LogP contribution is -2.37. The third-order valence-electron chi connectivity index (χ3n) is 3.21. The molecule has 4 nitrogen and oxygen atoms in total. The molecule has 4 heteroatoms. The molecule has 1 saturated heterocycles. The van der Waals surface area contributed by atoms with E-state index in [1.54, 1.807) is 18.0 Å². The molecule has 17 heavy (non-hydrogen) atoms. The molecule has 0 spiro atoms. The predicted octanol–water partition coefficient (Wildman–Crippen LogP) is 1.44. The summed E-state index contributed by atoms with van der Waals surface area (Å²) in [6.07, 6.45) is 0.897. The van der Waals surface area contributed by atoms with Gasteiger partial charge in [0.15, 0.2) is 0 Å². The van der Waals surface area contributed by atoms with Gasteiger partial charge in [-0.3, -0.25) is 4.79 Å². The van der Waals surface area contributed by atoms with Crippen molar-refractivity contribution in [1.82, 2.24) is 4.90 Å². The molecule has 2 N–H and O–H groups in total. The molecule has 1 aromatic rings. The smallest absolute Gasteiger partial charge is 0.256 e. The van der Waals surface area contributed by atoms with Gasteiger partial charge in [-0.05, 0) is 31.0 Å². The summed E-state index contributed by atoms with van der Waals surface area (Å²) in [4.78, 5) is 14.0. The number of rotatable bonds is 2. The average molecular weight is 234 g/mol. The van der Waals surface area contributed by atoms with Crippen molar-refractivity contribution >= 4 is 11.6 Å². The maximum absolute atomic E-state index is 12.3. The van der Waals surface area contributed by atoms with E-state index in [2.05, 4.69) is 0 Å². The molecular weight excluding hydrogens is 216 g/mol. The highest BCUT2D eigenvalue weighted by Crippen LogP contribution is 2.19. The van der Waals surface area contributed by atoms with Gasteiger partial charge in [-0.25, -0.2) is 0 Å². The van der Waals surface area contributed by atoms with E-state index in [1.165, 1.54) is 0 Å². The monoisotopic (exact) mass is 234 g/mol. The maximum atomic E-state index is 12.3. The zero-order chi connectivity index (χ0) is 12.4. The quantitative estimate of drug-likeness (QED) is 0.788. The van der Waals surface area contributed by atoms with Crippen LogP contribution in [0.1, 0.15) is 22.3 Å². The van der Waals surface area contributed by atoms with E-state index in [4.69, 9.17) is 10.5 Å². The predicted molar refractivity (Wildman–Crippen MR) is 66.9 cm³/mol. The Morgan fingerprint density at radius 3 is 2.88 bits per heavy atom. The van der Waals surface area contributed by atoms with E-state index in [1.807, 2.05) is 19.1 Å². The molecule has 0 aliphatic carbocycles. The van der Waals surface area contributed by atoms with Crippen molar-refractivity contribution in [2.75, 3.05) is 26.0 Å². The Morgan fingerprint density at radius 2 is 2.29 bits per heavy atom. The first kappa shape index (κ1) is 11.9. The number of anilines is 1. The molecule has 2 rings (SSSR count). The van der Waals surface area contributed by atoms with Crippen LogP contribution in [0.2, 0.25) is 0 Å². The van der Waals surface area contributed by atoms with Gasteiger partial charge in [0.25, 0.3) is 5.91 Å². The van der Waals surface area contributed by atoms with Crippen molar-refractivity contribution in [3.05, 3.63) is 29.3 Å². The molecule has 1 aliphatic heterocycles. The standard InChI is InChI=1S/C13H18N2O2/c1-9-3-4-11(12(14)7-9)13(16)15(2)10-5-6-17-8-10/h3-4,7,10H,5-6,8,14H2,1-2H3. The molecule has 1 fully saturated rings. The van der Waals surface area contributed by atoms with Crippen LogP contribution in [0.15, 0.2) is 18.2 Å². The molecule has 92 valence electrons. The molecule has 1 aliphatic rings. The molecule has 1 amide bonds. The number of benzene rings is 1. The molecular formula is C13H18N2O2. The van der Waals surface area contributed by atoms with E-state index >= 15 is 0 Å². The number of amides is 1. The molecule has 1 atom stereocenters. The first-order valence-electron chi connectivity index (χ1n) is 5.80. The molecule has 0 saturated carbocycles. The minimum Gasteiger partial charge on any atom is -0.398 e. The number of hydrogen-bond acceptors (Lipinski definition) is 3. The summed E-state index contributed by atoms with van der Waals surface area (Å²) in [6.45, 7) is 3.30. The van der Waals surface area contributed by atoms with Crippen LogP contribution in [-0.4, -0.2) is 37.1 Å². The summed E-state index contributed by atoms with van der Waals surface area (Å²) < 4.78 is 5.29. The second-order valence-corrected chi connectivity index (χ2v) is 4.52. The number of carbonyl (C=O) groups excluding carboxylic acids is 1. The fraction of sp³-hybridized carbons (Fsp3) is 0.462. The Bertz CT molecular complexity index is 425. The first-order valence-corrected chi connectivity index (χ1v) is 5.80. The van der Waals surface area contributed by atoms with E-state index in [-0.39, 0.29) is 11.9 Å². The van der Waals surface area contributed by atoms with Crippen molar-refractivity contribution < 1.29 is 9.53 Å². The topological polar surface area (TPSA) is 55.6 Å². The number of nitrogens with zero attached hydrogens (tertiary/aromatic N) is 1. The normalized spacial score (nSPS) is 19.3. The number of aryl methyl sites for hydroxylation is 1. The van der Waals surface area contributed by atoms with Crippen LogP contribution in [0.25, 0.3) is 0 Å². The summed E-state index contributed by atoms with van der Waals surface area (Å²) in [5, 5.41) is 0. The number of likely N-dealkylation sites (N-methyl/N-ethyl adjacent to an activating group) is 1. The third kappa shape index (κ3) is 2.42. The lowest BCUT2D eigenvalue weighted by molar-refractivity contribution is 0.0712. The minimum absolute atomic E-state index is 0.0296. The minimum atomic E-state index is -0.0296. The van der Waals surface area contributed by atoms with Crippen LogP contribution in [0.4, 0.5) is 5.69 Å². The summed E-state index contributed by atoms with van der Waals surface area (Å²) in [5.41, 5.74) is 8.06. The maximum Gasteiger partial charge on any atom is 0.256 e. The lowest BCUT2D eigenvalue weighted by Gasteiger charge is -2.23. The zero-order valence-corrected chi connectivity index (χ0v) is 10.3. The van der Waals surface area contributed by atoms with Gasteiger partial charge >= 0.3 is 0 Å². The molecule has 0 bridgehead atoms. The van der Waals surface area contributed by atoms with Crippen molar-refractivity contribution in [2.45, 2.75) is 19.4 Å². The molecule has 0 aromatic heterocycles. The molecule has 1 aromatic carbocycles. The highest BCUT2D eigenvalue weighted by molar-refractivity contribution is 5.99. The fourth-order valence-electron chi connectivity index (χ4n) is 2.06. The number of nitrogens with two attached hydrogens (primary N) is 1. The van der Waals surface area contributed by atoms with Crippen LogP contribution >= 0.6 is 0 Å². The van der Waals surface area contributed by atoms with Gasteiger partial charge in [0.05, 0.1) is 18.2 Å². The highest BCUT2D eigenvalue weighted by atomic mass is 16.5. The SMILES string of the molecule is Cc1ccc(C(=O)N(C)C2CCOC2)c(N)c1. The fourth-order valence-corrected chi connectivity index (χ4v) is 2.06. The van der Waals surface area contributed by atoms with E-state index < -0.39 is 0 Å². The van der Waals surface area contributed by atoms with Crippen LogP contribution in [0, 0.1) is 6.92 Å². The Hall–Kier alpha value is -1.55. The average Bonchev–Trinajstić information content (AvgIpc) is 2.80. The van der Waals surface area contributed by atoms with Gasteiger partial charge in [-0.15, -0.1) is 0 Å². The Morgan fingerprint density at radius 1 is 1.53 bits per heavy atom. The van der Waals surface area contributed by atoms with Crippen LogP contribution in [0.3, 0.4) is 0 Å². The van der Waals surface area contributed by atoms with Gasteiger partial charge in [0.2, 0.25) is 0 Å². The van der Waals surface area contributed by atoms with E-state index in [0.29, 0.717) is 17.9 Å². The second kappa shape index (κ2) is 4.75. The molecule has 1 heterocycles. The van der Waals surface area contributed by atoms with Crippen molar-refractivity contribution in [2.24, 2.45) is 0 Å².